The van der Waals surface area contributed by atoms with Crippen molar-refractivity contribution in [3.63, 3.8) is 0 Å². The number of rotatable bonds is 6. The maximum Gasteiger partial charge on any atom is 0.253 e. The summed E-state index contributed by atoms with van der Waals surface area (Å²) in [4.78, 5) is 16.2. The summed E-state index contributed by atoms with van der Waals surface area (Å²) in [6.45, 7) is 3.61. The molecule has 0 spiro atoms. The van der Waals surface area contributed by atoms with Crippen LogP contribution in [0.25, 0.3) is 0 Å². The fourth-order valence-corrected chi connectivity index (χ4v) is 2.31. The van der Waals surface area contributed by atoms with Crippen molar-refractivity contribution in [3.05, 3.63) is 65.5 Å². The summed E-state index contributed by atoms with van der Waals surface area (Å²) in [6, 6.07) is 14.0. The summed E-state index contributed by atoms with van der Waals surface area (Å²) in [6.07, 6.45) is 0.708. The SMILES string of the molecule is CCN(C)c1ccc(C(=O)N(C)CCc2ccc(F)cc2)cc1. The van der Waals surface area contributed by atoms with Crippen molar-refractivity contribution in [2.45, 2.75) is 13.3 Å². The highest BCUT2D eigenvalue weighted by atomic mass is 19.1. The van der Waals surface area contributed by atoms with Crippen LogP contribution >= 0.6 is 0 Å². The van der Waals surface area contributed by atoms with Crippen molar-refractivity contribution in [2.75, 3.05) is 32.1 Å². The van der Waals surface area contributed by atoms with E-state index in [0.29, 0.717) is 18.5 Å². The van der Waals surface area contributed by atoms with E-state index in [0.717, 1.165) is 17.8 Å². The molecule has 0 aliphatic rings. The van der Waals surface area contributed by atoms with E-state index >= 15 is 0 Å². The van der Waals surface area contributed by atoms with Gasteiger partial charge in [0.2, 0.25) is 0 Å². The number of hydrogen-bond acceptors (Lipinski definition) is 2. The van der Waals surface area contributed by atoms with Gasteiger partial charge in [0.25, 0.3) is 5.91 Å². The number of amides is 1. The molecule has 23 heavy (non-hydrogen) atoms. The van der Waals surface area contributed by atoms with Crippen molar-refractivity contribution in [3.8, 4) is 0 Å². The van der Waals surface area contributed by atoms with Gasteiger partial charge in [0.1, 0.15) is 5.82 Å². The fraction of sp³-hybridized carbons (Fsp3) is 0.316. The van der Waals surface area contributed by atoms with Gasteiger partial charge in [-0.15, -0.1) is 0 Å². The first-order valence-electron chi connectivity index (χ1n) is 7.82. The van der Waals surface area contributed by atoms with Gasteiger partial charge in [-0.2, -0.15) is 0 Å². The van der Waals surface area contributed by atoms with E-state index in [9.17, 15) is 9.18 Å². The molecular weight excluding hydrogens is 291 g/mol. The Labute approximate surface area is 137 Å². The van der Waals surface area contributed by atoms with Crippen LogP contribution in [0.15, 0.2) is 48.5 Å². The summed E-state index contributed by atoms with van der Waals surface area (Å²) in [5.41, 5.74) is 2.80. The fourth-order valence-electron chi connectivity index (χ4n) is 2.31. The molecule has 3 nitrogen and oxygen atoms in total. The second-order valence-corrected chi connectivity index (χ2v) is 5.66. The van der Waals surface area contributed by atoms with E-state index < -0.39 is 0 Å². The van der Waals surface area contributed by atoms with E-state index in [1.54, 1.807) is 24.1 Å². The lowest BCUT2D eigenvalue weighted by Crippen LogP contribution is -2.28. The van der Waals surface area contributed by atoms with Crippen LogP contribution in [-0.2, 0) is 6.42 Å². The molecule has 4 heteroatoms. The molecule has 0 heterocycles. The van der Waals surface area contributed by atoms with Gasteiger partial charge >= 0.3 is 0 Å². The normalized spacial score (nSPS) is 10.4. The van der Waals surface area contributed by atoms with Gasteiger partial charge in [0, 0.05) is 38.4 Å². The van der Waals surface area contributed by atoms with Crippen molar-refractivity contribution in [1.29, 1.82) is 0 Å². The lowest BCUT2D eigenvalue weighted by Gasteiger charge is -2.19. The summed E-state index contributed by atoms with van der Waals surface area (Å²) < 4.78 is 12.9. The molecule has 0 saturated heterocycles. The first kappa shape index (κ1) is 17.0. The van der Waals surface area contributed by atoms with Crippen molar-refractivity contribution in [1.82, 2.24) is 4.90 Å². The van der Waals surface area contributed by atoms with E-state index in [4.69, 9.17) is 0 Å². The number of hydrogen-bond donors (Lipinski definition) is 0. The van der Waals surface area contributed by atoms with Gasteiger partial charge in [0.05, 0.1) is 0 Å². The predicted octanol–water partition coefficient (Wildman–Crippen LogP) is 3.60. The molecule has 2 rings (SSSR count). The van der Waals surface area contributed by atoms with E-state index in [1.165, 1.54) is 12.1 Å². The van der Waals surface area contributed by atoms with Gasteiger partial charge in [-0.05, 0) is 55.3 Å². The number of nitrogens with zero attached hydrogens (tertiary/aromatic N) is 2. The second-order valence-electron chi connectivity index (χ2n) is 5.66. The standard InChI is InChI=1S/C19H23FN2O/c1-4-21(2)18-11-7-16(8-12-18)19(23)22(3)14-13-15-5-9-17(20)10-6-15/h5-12H,4,13-14H2,1-3H3. The molecule has 122 valence electrons. The minimum Gasteiger partial charge on any atom is -0.375 e. The Balaban J connectivity index is 1.95. The lowest BCUT2D eigenvalue weighted by molar-refractivity contribution is 0.0796. The number of carbonyl (C=O) groups excluding carboxylic acids is 1. The zero-order valence-corrected chi connectivity index (χ0v) is 13.9. The molecule has 0 fully saturated rings. The summed E-state index contributed by atoms with van der Waals surface area (Å²) in [5.74, 6) is -0.242. The lowest BCUT2D eigenvalue weighted by atomic mass is 10.1. The van der Waals surface area contributed by atoms with Gasteiger partial charge in [-0.1, -0.05) is 12.1 Å². The Hall–Kier alpha value is -2.36. The molecule has 0 unspecified atom stereocenters. The maximum atomic E-state index is 12.9. The molecule has 0 saturated carbocycles. The van der Waals surface area contributed by atoms with Crippen molar-refractivity contribution < 1.29 is 9.18 Å². The van der Waals surface area contributed by atoms with Gasteiger partial charge in [0.15, 0.2) is 0 Å². The Morgan fingerprint density at radius 1 is 1.00 bits per heavy atom. The van der Waals surface area contributed by atoms with Gasteiger partial charge in [-0.3, -0.25) is 4.79 Å². The highest BCUT2D eigenvalue weighted by Crippen LogP contribution is 2.15. The molecule has 0 aromatic heterocycles. The molecule has 2 aromatic rings. The second kappa shape index (κ2) is 7.77. The number of carbonyl (C=O) groups is 1. The van der Waals surface area contributed by atoms with E-state index in [1.807, 2.05) is 31.3 Å². The number of anilines is 1. The smallest absolute Gasteiger partial charge is 0.253 e. The first-order chi connectivity index (χ1) is 11.0. The Morgan fingerprint density at radius 3 is 2.17 bits per heavy atom. The van der Waals surface area contributed by atoms with Crippen molar-refractivity contribution in [2.24, 2.45) is 0 Å². The minimum absolute atomic E-state index is 0.00202. The number of benzene rings is 2. The van der Waals surface area contributed by atoms with Crippen molar-refractivity contribution >= 4 is 11.6 Å². The van der Waals surface area contributed by atoms with E-state index in [-0.39, 0.29) is 11.7 Å². The van der Waals surface area contributed by atoms with Gasteiger partial charge < -0.3 is 9.80 Å². The van der Waals surface area contributed by atoms with Crippen LogP contribution in [0.2, 0.25) is 0 Å². The Bertz CT molecular complexity index is 637. The minimum atomic E-state index is -0.240. The number of halogens is 1. The Morgan fingerprint density at radius 2 is 1.61 bits per heavy atom. The summed E-state index contributed by atoms with van der Waals surface area (Å²) >= 11 is 0. The zero-order valence-electron chi connectivity index (χ0n) is 13.9. The molecule has 1 amide bonds. The highest BCUT2D eigenvalue weighted by molar-refractivity contribution is 5.94. The average molecular weight is 314 g/mol. The largest absolute Gasteiger partial charge is 0.375 e. The molecule has 2 aromatic carbocycles. The van der Waals surface area contributed by atoms with Crippen LogP contribution in [-0.4, -0.2) is 38.0 Å². The van der Waals surface area contributed by atoms with Gasteiger partial charge in [-0.25, -0.2) is 4.39 Å². The molecule has 0 atom stereocenters. The van der Waals surface area contributed by atoms with Crippen LogP contribution < -0.4 is 4.90 Å². The van der Waals surface area contributed by atoms with Crippen LogP contribution in [0.1, 0.15) is 22.8 Å². The first-order valence-corrected chi connectivity index (χ1v) is 7.82. The third-order valence-corrected chi connectivity index (χ3v) is 4.03. The molecule has 0 aliphatic carbocycles. The average Bonchev–Trinajstić information content (AvgIpc) is 2.59. The molecule has 0 bridgehead atoms. The number of likely N-dealkylation sites (N-methyl/N-ethyl adjacent to an activating group) is 1. The maximum absolute atomic E-state index is 12.9. The van der Waals surface area contributed by atoms with Crippen LogP contribution in [0.3, 0.4) is 0 Å². The molecular formula is C19H23FN2O. The molecule has 0 aliphatic heterocycles. The monoisotopic (exact) mass is 314 g/mol. The third-order valence-electron chi connectivity index (χ3n) is 4.03. The Kier molecular flexibility index (Phi) is 5.74. The van der Waals surface area contributed by atoms with Crippen LogP contribution in [0, 0.1) is 5.82 Å². The summed E-state index contributed by atoms with van der Waals surface area (Å²) in [5, 5.41) is 0. The van der Waals surface area contributed by atoms with Crippen LogP contribution in [0.4, 0.5) is 10.1 Å². The molecule has 0 radical (unpaired) electrons. The summed E-state index contributed by atoms with van der Waals surface area (Å²) in [7, 11) is 3.81. The highest BCUT2D eigenvalue weighted by Gasteiger charge is 2.12. The predicted molar refractivity (Wildman–Crippen MR) is 92.5 cm³/mol. The molecule has 0 N–H and O–H groups in total. The third kappa shape index (κ3) is 4.55. The zero-order chi connectivity index (χ0) is 16.8. The van der Waals surface area contributed by atoms with E-state index in [2.05, 4.69) is 11.8 Å². The van der Waals surface area contributed by atoms with Crippen LogP contribution in [0.5, 0.6) is 0 Å². The quantitative estimate of drug-likeness (QED) is 0.813. The topological polar surface area (TPSA) is 23.6 Å².